The molecule has 0 unspecified atom stereocenters. The monoisotopic (exact) mass is 528 g/mol. The number of pyridine rings is 1. The summed E-state index contributed by atoms with van der Waals surface area (Å²) in [5, 5.41) is 8.28. The second-order valence-electron chi connectivity index (χ2n) is 10.2. The van der Waals surface area contributed by atoms with Crippen molar-refractivity contribution in [3.8, 4) is 0 Å². The van der Waals surface area contributed by atoms with E-state index in [1.54, 1.807) is 49.2 Å². The summed E-state index contributed by atoms with van der Waals surface area (Å²) in [4.78, 5) is 57.2. The number of aromatic nitrogens is 1. The Bertz CT molecular complexity index is 1480. The highest BCUT2D eigenvalue weighted by Gasteiger charge is 2.37. The van der Waals surface area contributed by atoms with Gasteiger partial charge in [0.25, 0.3) is 11.8 Å². The molecule has 3 N–H and O–H groups in total. The van der Waals surface area contributed by atoms with Gasteiger partial charge in [0, 0.05) is 67.5 Å². The first-order valence-electron chi connectivity index (χ1n) is 12.5. The summed E-state index contributed by atoms with van der Waals surface area (Å²) < 4.78 is 0. The predicted octanol–water partition coefficient (Wildman–Crippen LogP) is 4.31. The number of anilines is 4. The van der Waals surface area contributed by atoms with Crippen molar-refractivity contribution in [1.29, 1.82) is 0 Å². The Morgan fingerprint density at radius 2 is 1.72 bits per heavy atom. The third-order valence-corrected chi connectivity index (χ3v) is 6.84. The van der Waals surface area contributed by atoms with Crippen LogP contribution in [0.25, 0.3) is 0 Å². The summed E-state index contributed by atoms with van der Waals surface area (Å²) in [6, 6.07) is 13.3. The van der Waals surface area contributed by atoms with Gasteiger partial charge >= 0.3 is 6.03 Å². The van der Waals surface area contributed by atoms with Gasteiger partial charge in [-0.2, -0.15) is 0 Å². The number of amides is 5. The van der Waals surface area contributed by atoms with Crippen LogP contribution in [0.4, 0.5) is 27.5 Å². The van der Waals surface area contributed by atoms with E-state index in [2.05, 4.69) is 34.8 Å². The highest BCUT2D eigenvalue weighted by Crippen LogP contribution is 2.41. The average molecular weight is 529 g/mol. The molecule has 202 valence electrons. The Morgan fingerprint density at radius 1 is 0.974 bits per heavy atom. The summed E-state index contributed by atoms with van der Waals surface area (Å²) in [6.07, 6.45) is 1.46. The first-order valence-corrected chi connectivity index (χ1v) is 12.5. The van der Waals surface area contributed by atoms with Gasteiger partial charge in [-0.25, -0.2) is 4.79 Å². The molecule has 2 aromatic carbocycles. The van der Waals surface area contributed by atoms with Crippen molar-refractivity contribution in [2.75, 3.05) is 41.1 Å². The van der Waals surface area contributed by atoms with Crippen molar-refractivity contribution in [2.45, 2.75) is 33.1 Å². The van der Waals surface area contributed by atoms with Gasteiger partial charge in [0.2, 0.25) is 5.91 Å². The zero-order valence-corrected chi connectivity index (χ0v) is 22.9. The normalized spacial score (nSPS) is 13.3. The van der Waals surface area contributed by atoms with Crippen molar-refractivity contribution in [2.24, 2.45) is 0 Å². The van der Waals surface area contributed by atoms with Crippen LogP contribution in [-0.4, -0.2) is 49.4 Å². The molecule has 0 saturated heterocycles. The van der Waals surface area contributed by atoms with E-state index in [-0.39, 0.29) is 28.8 Å². The van der Waals surface area contributed by atoms with Crippen molar-refractivity contribution >= 4 is 46.5 Å². The number of aryl methyl sites for hydroxylation is 1. The smallest absolute Gasteiger partial charge is 0.326 e. The molecule has 10 heteroatoms. The van der Waals surface area contributed by atoms with E-state index in [4.69, 9.17) is 0 Å². The molecular weight excluding hydrogens is 496 g/mol. The Labute approximate surface area is 227 Å². The lowest BCUT2D eigenvalue weighted by Crippen LogP contribution is -2.32. The lowest BCUT2D eigenvalue weighted by molar-refractivity contribution is -0.116. The van der Waals surface area contributed by atoms with E-state index in [1.807, 2.05) is 19.1 Å². The van der Waals surface area contributed by atoms with Gasteiger partial charge in [-0.15, -0.1) is 0 Å². The Hall–Kier alpha value is -4.73. The molecule has 1 aliphatic rings. The minimum Gasteiger partial charge on any atom is -0.354 e. The summed E-state index contributed by atoms with van der Waals surface area (Å²) in [5.41, 5.74) is 4.51. The van der Waals surface area contributed by atoms with Crippen LogP contribution in [-0.2, 0) is 10.2 Å². The number of nitrogens with zero attached hydrogens (tertiary/aromatic N) is 3. The van der Waals surface area contributed by atoms with Gasteiger partial charge in [-0.1, -0.05) is 19.9 Å². The number of benzene rings is 2. The Balaban J connectivity index is 1.51. The molecule has 0 atom stereocenters. The summed E-state index contributed by atoms with van der Waals surface area (Å²) in [7, 11) is 3.08. The Morgan fingerprint density at radius 3 is 2.41 bits per heavy atom. The molecule has 0 aliphatic carbocycles. The fourth-order valence-corrected chi connectivity index (χ4v) is 4.54. The quantitative estimate of drug-likeness (QED) is 0.455. The fraction of sp³-hybridized carbons (Fsp3) is 0.276. The number of fused-ring (bicyclic) bond motifs is 1. The number of nitrogens with one attached hydrogen (secondary N) is 3. The molecule has 0 saturated carbocycles. The van der Waals surface area contributed by atoms with E-state index in [0.717, 1.165) is 16.8 Å². The van der Waals surface area contributed by atoms with Crippen LogP contribution in [0.5, 0.6) is 0 Å². The van der Waals surface area contributed by atoms with Crippen LogP contribution < -0.4 is 25.8 Å². The summed E-state index contributed by atoms with van der Waals surface area (Å²) in [5.74, 6) is -0.708. The van der Waals surface area contributed by atoms with Gasteiger partial charge in [0.15, 0.2) is 0 Å². The molecule has 5 amide bonds. The molecule has 1 aromatic heterocycles. The molecule has 2 heterocycles. The van der Waals surface area contributed by atoms with Crippen molar-refractivity contribution < 1.29 is 19.2 Å². The van der Waals surface area contributed by atoms with Crippen molar-refractivity contribution in [3.63, 3.8) is 0 Å². The molecule has 0 radical (unpaired) electrons. The van der Waals surface area contributed by atoms with E-state index in [0.29, 0.717) is 29.2 Å². The summed E-state index contributed by atoms with van der Waals surface area (Å²) >= 11 is 0. The van der Waals surface area contributed by atoms with Gasteiger partial charge in [-0.05, 0) is 60.5 Å². The molecule has 3 aromatic rings. The summed E-state index contributed by atoms with van der Waals surface area (Å²) in [6.45, 7) is 8.09. The third kappa shape index (κ3) is 5.59. The van der Waals surface area contributed by atoms with Crippen molar-refractivity contribution in [1.82, 2.24) is 10.3 Å². The molecule has 1 aliphatic heterocycles. The molecule has 0 bridgehead atoms. The third-order valence-electron chi connectivity index (χ3n) is 6.84. The zero-order chi connectivity index (χ0) is 28.5. The van der Waals surface area contributed by atoms with Crippen LogP contribution in [0.1, 0.15) is 52.7 Å². The molecule has 4 rings (SSSR count). The number of carbonyl (C=O) groups is 4. The maximum absolute atomic E-state index is 13.1. The lowest BCUT2D eigenvalue weighted by Gasteiger charge is -2.20. The molecular formula is C29H32N6O4. The Kier molecular flexibility index (Phi) is 7.40. The van der Waals surface area contributed by atoms with E-state index in [9.17, 15) is 19.2 Å². The second kappa shape index (κ2) is 10.6. The number of urea groups is 1. The minimum absolute atomic E-state index is 0.0192. The molecule has 10 nitrogen and oxygen atoms in total. The van der Waals surface area contributed by atoms with Gasteiger partial charge in [0.1, 0.15) is 5.69 Å². The van der Waals surface area contributed by atoms with Gasteiger partial charge < -0.3 is 20.9 Å². The van der Waals surface area contributed by atoms with Crippen LogP contribution in [0.15, 0.2) is 54.7 Å². The van der Waals surface area contributed by atoms with E-state index in [1.165, 1.54) is 24.2 Å². The standard InChI is InChI=1S/C29H32N6O4/c1-17-7-8-19(13-23(17)33-28(39)34(6)21-11-12-31-24(15-21)27(38)30-5)26(37)32-20-9-10-25-22(14-20)29(3,4)16-35(25)18(2)36/h7-15H,16H2,1-6H3,(H,30,38)(H,32,37)(H,33,39). The minimum atomic E-state index is -0.444. The van der Waals surface area contributed by atoms with E-state index < -0.39 is 6.03 Å². The van der Waals surface area contributed by atoms with Gasteiger partial charge in [0.05, 0.1) is 0 Å². The topological polar surface area (TPSA) is 124 Å². The maximum atomic E-state index is 13.1. The molecule has 0 fully saturated rings. The van der Waals surface area contributed by atoms with Crippen LogP contribution in [0, 0.1) is 6.92 Å². The number of rotatable bonds is 5. The van der Waals surface area contributed by atoms with E-state index >= 15 is 0 Å². The highest BCUT2D eigenvalue weighted by molar-refractivity contribution is 6.07. The maximum Gasteiger partial charge on any atom is 0.326 e. The second-order valence-corrected chi connectivity index (χ2v) is 10.2. The number of hydrogen-bond acceptors (Lipinski definition) is 5. The predicted molar refractivity (Wildman–Crippen MR) is 152 cm³/mol. The molecule has 0 spiro atoms. The fourth-order valence-electron chi connectivity index (χ4n) is 4.54. The van der Waals surface area contributed by atoms with Crippen LogP contribution in [0.2, 0.25) is 0 Å². The lowest BCUT2D eigenvalue weighted by atomic mass is 9.87. The highest BCUT2D eigenvalue weighted by atomic mass is 16.2. The number of carbonyl (C=O) groups excluding carboxylic acids is 4. The average Bonchev–Trinajstić information content (AvgIpc) is 3.19. The van der Waals surface area contributed by atoms with Crippen LogP contribution >= 0.6 is 0 Å². The first kappa shape index (κ1) is 27.3. The first-order chi connectivity index (χ1) is 18.4. The van der Waals surface area contributed by atoms with Crippen LogP contribution in [0.3, 0.4) is 0 Å². The SMILES string of the molecule is CNC(=O)c1cc(N(C)C(=O)Nc2cc(C(=O)Nc3ccc4c(c3)C(C)(C)CN4C(C)=O)ccc2C)ccn1. The molecule has 39 heavy (non-hydrogen) atoms. The van der Waals surface area contributed by atoms with Crippen molar-refractivity contribution in [3.05, 3.63) is 77.1 Å². The zero-order valence-electron chi connectivity index (χ0n) is 22.9. The number of hydrogen-bond donors (Lipinski definition) is 3. The van der Waals surface area contributed by atoms with Gasteiger partial charge in [-0.3, -0.25) is 24.3 Å². The largest absolute Gasteiger partial charge is 0.354 e.